The Morgan fingerprint density at radius 2 is 1.74 bits per heavy atom. The molecule has 1 saturated heterocycles. The van der Waals surface area contributed by atoms with Gasteiger partial charge in [0.1, 0.15) is 0 Å². The van der Waals surface area contributed by atoms with Crippen LogP contribution in [0.5, 0.6) is 0 Å². The zero-order valence-electron chi connectivity index (χ0n) is 12.3. The monoisotopic (exact) mass is 261 g/mol. The van der Waals surface area contributed by atoms with E-state index < -0.39 is 0 Å². The number of amides is 1. The summed E-state index contributed by atoms with van der Waals surface area (Å²) in [5.41, 5.74) is 3.25. The van der Waals surface area contributed by atoms with Gasteiger partial charge in [0.25, 0.3) is 5.91 Å². The largest absolute Gasteiger partial charge is 0.321 e. The Balaban J connectivity index is 2.01. The highest BCUT2D eigenvalue weighted by Gasteiger charge is 2.27. The average Bonchev–Trinajstić information content (AvgIpc) is 2.34. The van der Waals surface area contributed by atoms with Crippen molar-refractivity contribution in [2.75, 3.05) is 32.0 Å². The lowest BCUT2D eigenvalue weighted by atomic mass is 10.1. The number of likely N-dealkylation sites (tertiary alicyclic amines) is 1. The molecule has 1 aromatic carbocycles. The van der Waals surface area contributed by atoms with E-state index in [2.05, 4.69) is 12.4 Å². The number of nitrogens with zero attached hydrogens (tertiary/aromatic N) is 1. The van der Waals surface area contributed by atoms with Gasteiger partial charge in [-0.3, -0.25) is 4.79 Å². The third-order valence-electron chi connectivity index (χ3n) is 4.17. The molecule has 0 saturated carbocycles. The zero-order chi connectivity index (χ0) is 13.9. The van der Waals surface area contributed by atoms with Crippen LogP contribution in [0, 0.1) is 13.8 Å². The second kappa shape index (κ2) is 5.74. The number of hydrogen-bond acceptors (Lipinski definition) is 1. The molecule has 0 spiro atoms. The van der Waals surface area contributed by atoms with E-state index in [0.29, 0.717) is 6.54 Å². The Hall–Kier alpha value is -1.35. The van der Waals surface area contributed by atoms with E-state index in [4.69, 9.17) is 0 Å². The minimum atomic E-state index is 0.141. The van der Waals surface area contributed by atoms with E-state index in [1.54, 1.807) is 0 Å². The van der Waals surface area contributed by atoms with Crippen LogP contribution in [0.1, 0.15) is 30.4 Å². The van der Waals surface area contributed by atoms with Gasteiger partial charge in [-0.2, -0.15) is 0 Å². The van der Waals surface area contributed by atoms with Crippen LogP contribution >= 0.6 is 0 Å². The first-order valence-electron chi connectivity index (χ1n) is 7.20. The number of nitrogens with one attached hydrogen (secondary N) is 1. The SMILES string of the molecule is Cc1cccc(C)c1NC(=O)C[N+]1(C)CCCCC1. The molecule has 3 heteroatoms. The third kappa shape index (κ3) is 3.57. The molecule has 3 nitrogen and oxygen atoms in total. The van der Waals surface area contributed by atoms with Crippen molar-refractivity contribution in [3.63, 3.8) is 0 Å². The van der Waals surface area contributed by atoms with E-state index >= 15 is 0 Å². The van der Waals surface area contributed by atoms with Crippen molar-refractivity contribution in [1.29, 1.82) is 0 Å². The summed E-state index contributed by atoms with van der Waals surface area (Å²) in [6.45, 7) is 6.92. The summed E-state index contributed by atoms with van der Waals surface area (Å²) in [5, 5.41) is 3.10. The minimum Gasteiger partial charge on any atom is -0.321 e. The first-order valence-corrected chi connectivity index (χ1v) is 7.20. The second-order valence-corrected chi connectivity index (χ2v) is 6.10. The van der Waals surface area contributed by atoms with Gasteiger partial charge in [0.2, 0.25) is 0 Å². The van der Waals surface area contributed by atoms with Gasteiger partial charge < -0.3 is 9.80 Å². The van der Waals surface area contributed by atoms with E-state index in [1.165, 1.54) is 19.3 Å². The standard InChI is InChI=1S/C16H24N2O/c1-13-8-7-9-14(2)16(13)17-15(19)12-18(3)10-5-4-6-11-18/h7-9H,4-6,10-12H2,1-3H3/p+1. The van der Waals surface area contributed by atoms with Crippen LogP contribution in [0.25, 0.3) is 0 Å². The number of para-hydroxylation sites is 1. The molecule has 104 valence electrons. The molecule has 0 bridgehead atoms. The topological polar surface area (TPSA) is 29.1 Å². The maximum Gasteiger partial charge on any atom is 0.279 e. The fourth-order valence-electron chi connectivity index (χ4n) is 2.97. The predicted octanol–water partition coefficient (Wildman–Crippen LogP) is 2.87. The number of carbonyl (C=O) groups is 1. The van der Waals surface area contributed by atoms with Gasteiger partial charge in [-0.15, -0.1) is 0 Å². The second-order valence-electron chi connectivity index (χ2n) is 6.10. The van der Waals surface area contributed by atoms with Crippen LogP contribution in [-0.2, 0) is 4.79 Å². The highest BCUT2D eigenvalue weighted by molar-refractivity contribution is 5.93. The maximum absolute atomic E-state index is 12.3. The fourth-order valence-corrected chi connectivity index (χ4v) is 2.97. The number of piperidine rings is 1. The summed E-state index contributed by atoms with van der Waals surface area (Å²) in [7, 11) is 2.20. The number of aryl methyl sites for hydroxylation is 2. The van der Waals surface area contributed by atoms with E-state index in [9.17, 15) is 4.79 Å². The van der Waals surface area contributed by atoms with Crippen molar-refractivity contribution in [1.82, 2.24) is 0 Å². The zero-order valence-corrected chi connectivity index (χ0v) is 12.3. The molecule has 2 rings (SSSR count). The van der Waals surface area contributed by atoms with Crippen molar-refractivity contribution in [2.45, 2.75) is 33.1 Å². The normalized spacial score (nSPS) is 18.1. The Labute approximate surface area is 116 Å². The minimum absolute atomic E-state index is 0.141. The van der Waals surface area contributed by atoms with Gasteiger partial charge in [0, 0.05) is 5.69 Å². The van der Waals surface area contributed by atoms with Crippen molar-refractivity contribution in [3.05, 3.63) is 29.3 Å². The number of benzene rings is 1. The Kier molecular flexibility index (Phi) is 4.25. The lowest BCUT2D eigenvalue weighted by Gasteiger charge is -2.37. The predicted molar refractivity (Wildman–Crippen MR) is 79.2 cm³/mol. The van der Waals surface area contributed by atoms with Crippen LogP contribution in [0.4, 0.5) is 5.69 Å². The molecule has 0 atom stereocenters. The van der Waals surface area contributed by atoms with Crippen LogP contribution in [0.15, 0.2) is 18.2 Å². The number of rotatable bonds is 3. The molecule has 19 heavy (non-hydrogen) atoms. The molecule has 1 aliphatic heterocycles. The molecule has 1 N–H and O–H groups in total. The number of anilines is 1. The fraction of sp³-hybridized carbons (Fsp3) is 0.562. The van der Waals surface area contributed by atoms with E-state index in [-0.39, 0.29) is 5.91 Å². The van der Waals surface area contributed by atoms with E-state index in [1.807, 2.05) is 32.0 Å². The van der Waals surface area contributed by atoms with Crippen LogP contribution in [0.3, 0.4) is 0 Å². The summed E-state index contributed by atoms with van der Waals surface area (Å²) in [4.78, 5) is 12.3. The summed E-state index contributed by atoms with van der Waals surface area (Å²) in [6, 6.07) is 6.11. The number of carbonyl (C=O) groups excluding carboxylic acids is 1. The highest BCUT2D eigenvalue weighted by Crippen LogP contribution is 2.20. The lowest BCUT2D eigenvalue weighted by Crippen LogP contribution is -2.52. The molecular formula is C16H25N2O+. The molecule has 1 fully saturated rings. The summed E-state index contributed by atoms with van der Waals surface area (Å²) in [6.07, 6.45) is 3.80. The number of quaternary nitrogens is 1. The van der Waals surface area contributed by atoms with Crippen LogP contribution in [-0.4, -0.2) is 37.1 Å². The lowest BCUT2D eigenvalue weighted by molar-refractivity contribution is -0.906. The van der Waals surface area contributed by atoms with Crippen LogP contribution < -0.4 is 5.32 Å². The van der Waals surface area contributed by atoms with Crippen LogP contribution in [0.2, 0.25) is 0 Å². The molecule has 0 radical (unpaired) electrons. The van der Waals surface area contributed by atoms with Gasteiger partial charge in [0.05, 0.1) is 20.1 Å². The quantitative estimate of drug-likeness (QED) is 0.833. The molecular weight excluding hydrogens is 236 g/mol. The molecule has 1 aliphatic rings. The van der Waals surface area contributed by atoms with Gasteiger partial charge in [-0.1, -0.05) is 18.2 Å². The van der Waals surface area contributed by atoms with Gasteiger partial charge >= 0.3 is 0 Å². The Bertz CT molecular complexity index is 442. The van der Waals surface area contributed by atoms with Gasteiger partial charge in [-0.25, -0.2) is 0 Å². The Morgan fingerprint density at radius 3 is 2.32 bits per heavy atom. The number of hydrogen-bond donors (Lipinski definition) is 1. The first-order chi connectivity index (χ1) is 9.00. The summed E-state index contributed by atoms with van der Waals surface area (Å²) < 4.78 is 0.886. The maximum atomic E-state index is 12.3. The third-order valence-corrected chi connectivity index (χ3v) is 4.17. The first kappa shape index (κ1) is 14.1. The average molecular weight is 261 g/mol. The van der Waals surface area contributed by atoms with Gasteiger partial charge in [0.15, 0.2) is 6.54 Å². The van der Waals surface area contributed by atoms with Crippen molar-refractivity contribution in [2.24, 2.45) is 0 Å². The molecule has 0 aliphatic carbocycles. The van der Waals surface area contributed by atoms with E-state index in [0.717, 1.165) is 34.4 Å². The highest BCUT2D eigenvalue weighted by atomic mass is 16.2. The molecule has 0 aromatic heterocycles. The number of likely N-dealkylation sites (N-methyl/N-ethyl adjacent to an activating group) is 1. The smallest absolute Gasteiger partial charge is 0.279 e. The van der Waals surface area contributed by atoms with Crippen molar-refractivity contribution in [3.8, 4) is 0 Å². The molecule has 1 amide bonds. The Morgan fingerprint density at radius 1 is 1.16 bits per heavy atom. The molecule has 0 unspecified atom stereocenters. The summed E-state index contributed by atoms with van der Waals surface area (Å²) in [5.74, 6) is 0.141. The van der Waals surface area contributed by atoms with Crippen molar-refractivity contribution >= 4 is 11.6 Å². The molecule has 1 heterocycles. The van der Waals surface area contributed by atoms with Crippen molar-refractivity contribution < 1.29 is 9.28 Å². The van der Waals surface area contributed by atoms with Gasteiger partial charge in [-0.05, 0) is 44.2 Å². The molecule has 1 aromatic rings. The summed E-state index contributed by atoms with van der Waals surface area (Å²) >= 11 is 0.